The Kier molecular flexibility index (Phi) is 5.20. The lowest BCUT2D eigenvalue weighted by Gasteiger charge is -2.62. The second-order valence-electron chi connectivity index (χ2n) is 7.90. The van der Waals surface area contributed by atoms with E-state index in [2.05, 4.69) is 4.90 Å². The van der Waals surface area contributed by atoms with Gasteiger partial charge in [-0.1, -0.05) is 19.1 Å². The Morgan fingerprint density at radius 1 is 1.29 bits per heavy atom. The average molecular weight is 411 g/mol. The summed E-state index contributed by atoms with van der Waals surface area (Å²) in [5.41, 5.74) is -0.369. The fourth-order valence-corrected chi connectivity index (χ4v) is 6.28. The molecule has 0 bridgehead atoms. The molecular formula is C19H26FN3O4S. The molecule has 4 rings (SSSR count). The van der Waals surface area contributed by atoms with Crippen LogP contribution in [0.25, 0.3) is 0 Å². The Morgan fingerprint density at radius 3 is 2.75 bits per heavy atom. The molecule has 1 aromatic carbocycles. The summed E-state index contributed by atoms with van der Waals surface area (Å²) in [6.45, 7) is 5.24. The van der Waals surface area contributed by atoms with Gasteiger partial charge in [0.25, 0.3) is 5.91 Å². The van der Waals surface area contributed by atoms with Crippen molar-refractivity contribution < 1.29 is 22.3 Å². The Labute approximate surface area is 165 Å². The van der Waals surface area contributed by atoms with Crippen LogP contribution in [0.1, 0.15) is 23.7 Å². The Morgan fingerprint density at radius 2 is 2.04 bits per heavy atom. The normalized spacial score (nSPS) is 25.4. The lowest BCUT2D eigenvalue weighted by Crippen LogP contribution is -2.81. The molecule has 3 fully saturated rings. The Bertz CT molecular complexity index is 856. The van der Waals surface area contributed by atoms with Crippen molar-refractivity contribution in [2.75, 3.05) is 51.7 Å². The molecule has 0 aromatic heterocycles. The maximum absolute atomic E-state index is 14.1. The molecule has 1 amide bonds. The zero-order valence-electron chi connectivity index (χ0n) is 16.0. The van der Waals surface area contributed by atoms with Gasteiger partial charge >= 0.3 is 0 Å². The molecule has 0 aliphatic carbocycles. The fraction of sp³-hybridized carbons (Fsp3) is 0.632. The number of hydrogen-bond donors (Lipinski definition) is 0. The lowest BCUT2D eigenvalue weighted by atomic mass is 9.84. The summed E-state index contributed by atoms with van der Waals surface area (Å²) >= 11 is 0. The van der Waals surface area contributed by atoms with Crippen molar-refractivity contribution >= 4 is 15.9 Å². The standard InChI is InChI=1S/C19H26FN3O4S/c1-2-9-28(25,26)22-13-19(14-22)12-21(10-15-11-27-8-7-23(15)19)18(24)16-5-3-4-6-17(16)20/h3-6,15H,2,7-14H2,1H3. The van der Waals surface area contributed by atoms with E-state index in [0.29, 0.717) is 52.4 Å². The maximum Gasteiger partial charge on any atom is 0.256 e. The molecule has 7 nitrogen and oxygen atoms in total. The Balaban J connectivity index is 1.58. The van der Waals surface area contributed by atoms with Crippen LogP contribution in [0.15, 0.2) is 24.3 Å². The van der Waals surface area contributed by atoms with E-state index in [0.717, 1.165) is 0 Å². The van der Waals surface area contributed by atoms with Crippen molar-refractivity contribution in [2.45, 2.75) is 24.9 Å². The van der Waals surface area contributed by atoms with Gasteiger partial charge in [-0.05, 0) is 18.6 Å². The molecule has 0 saturated carbocycles. The van der Waals surface area contributed by atoms with Gasteiger partial charge < -0.3 is 9.64 Å². The number of rotatable bonds is 4. The van der Waals surface area contributed by atoms with E-state index in [9.17, 15) is 17.6 Å². The van der Waals surface area contributed by atoms with Gasteiger partial charge in [-0.25, -0.2) is 12.8 Å². The number of sulfonamides is 1. The summed E-state index contributed by atoms with van der Waals surface area (Å²) in [6, 6.07) is 5.98. The predicted octanol–water partition coefficient (Wildman–Crippen LogP) is 0.777. The van der Waals surface area contributed by atoms with Crippen LogP contribution in [0.2, 0.25) is 0 Å². The van der Waals surface area contributed by atoms with Gasteiger partial charge in [-0.3, -0.25) is 9.69 Å². The number of halogens is 1. The van der Waals surface area contributed by atoms with E-state index in [1.165, 1.54) is 16.4 Å². The zero-order chi connectivity index (χ0) is 19.9. The highest BCUT2D eigenvalue weighted by molar-refractivity contribution is 7.89. The topological polar surface area (TPSA) is 70.2 Å². The summed E-state index contributed by atoms with van der Waals surface area (Å²) < 4.78 is 46.1. The van der Waals surface area contributed by atoms with E-state index in [-0.39, 0.29) is 23.3 Å². The van der Waals surface area contributed by atoms with Gasteiger partial charge in [0.2, 0.25) is 10.0 Å². The molecule has 1 atom stereocenters. The van der Waals surface area contributed by atoms with Crippen LogP contribution < -0.4 is 0 Å². The van der Waals surface area contributed by atoms with Crippen molar-refractivity contribution in [3.8, 4) is 0 Å². The quantitative estimate of drug-likeness (QED) is 0.732. The number of piperazine rings is 1. The highest BCUT2D eigenvalue weighted by atomic mass is 32.2. The second-order valence-corrected chi connectivity index (χ2v) is 9.98. The molecular weight excluding hydrogens is 385 g/mol. The third kappa shape index (κ3) is 3.34. The van der Waals surface area contributed by atoms with Gasteiger partial charge in [0.05, 0.1) is 36.1 Å². The minimum atomic E-state index is -3.27. The van der Waals surface area contributed by atoms with Crippen LogP contribution in [0.5, 0.6) is 0 Å². The van der Waals surface area contributed by atoms with Gasteiger partial charge in [0.1, 0.15) is 5.82 Å². The summed E-state index contributed by atoms with van der Waals surface area (Å²) in [5, 5.41) is 0. The molecule has 1 aromatic rings. The van der Waals surface area contributed by atoms with E-state index in [4.69, 9.17) is 4.74 Å². The highest BCUT2D eigenvalue weighted by Gasteiger charge is 2.57. The fourth-order valence-electron chi connectivity index (χ4n) is 4.63. The van der Waals surface area contributed by atoms with Crippen LogP contribution >= 0.6 is 0 Å². The summed E-state index contributed by atoms with van der Waals surface area (Å²) in [5.74, 6) is -0.754. The first kappa shape index (κ1) is 19.8. The van der Waals surface area contributed by atoms with Crippen LogP contribution in [-0.2, 0) is 14.8 Å². The van der Waals surface area contributed by atoms with Crippen molar-refractivity contribution in [1.82, 2.24) is 14.1 Å². The molecule has 0 N–H and O–H groups in total. The maximum atomic E-state index is 14.1. The van der Waals surface area contributed by atoms with E-state index in [1.54, 1.807) is 17.0 Å². The molecule has 3 aliphatic rings. The monoisotopic (exact) mass is 411 g/mol. The first-order valence-corrected chi connectivity index (χ1v) is 11.3. The first-order chi connectivity index (χ1) is 13.4. The van der Waals surface area contributed by atoms with Crippen LogP contribution in [0.4, 0.5) is 4.39 Å². The largest absolute Gasteiger partial charge is 0.378 e. The van der Waals surface area contributed by atoms with Crippen molar-refractivity contribution in [1.29, 1.82) is 0 Å². The van der Waals surface area contributed by atoms with Crippen LogP contribution in [-0.4, -0.2) is 91.7 Å². The number of nitrogens with zero attached hydrogens (tertiary/aromatic N) is 3. The number of fused-ring (bicyclic) bond motifs is 2. The van der Waals surface area contributed by atoms with Crippen molar-refractivity contribution in [3.05, 3.63) is 35.6 Å². The van der Waals surface area contributed by atoms with E-state index >= 15 is 0 Å². The molecule has 1 unspecified atom stereocenters. The number of carbonyl (C=O) groups excluding carboxylic acids is 1. The van der Waals surface area contributed by atoms with E-state index in [1.807, 2.05) is 6.92 Å². The highest BCUT2D eigenvalue weighted by Crippen LogP contribution is 2.37. The zero-order valence-corrected chi connectivity index (χ0v) is 16.8. The van der Waals surface area contributed by atoms with Gasteiger partial charge in [0.15, 0.2) is 0 Å². The number of amides is 1. The first-order valence-electron chi connectivity index (χ1n) is 9.72. The van der Waals surface area contributed by atoms with Crippen molar-refractivity contribution in [3.63, 3.8) is 0 Å². The number of carbonyl (C=O) groups is 1. The van der Waals surface area contributed by atoms with Crippen LogP contribution in [0.3, 0.4) is 0 Å². The summed E-state index contributed by atoms with van der Waals surface area (Å²) in [7, 11) is -3.27. The molecule has 0 radical (unpaired) electrons. The number of morpholine rings is 1. The third-order valence-corrected chi connectivity index (χ3v) is 7.91. The minimum Gasteiger partial charge on any atom is -0.378 e. The second kappa shape index (κ2) is 7.37. The number of benzene rings is 1. The molecule has 154 valence electrons. The van der Waals surface area contributed by atoms with E-state index < -0.39 is 21.4 Å². The molecule has 1 spiro atoms. The van der Waals surface area contributed by atoms with Gasteiger partial charge in [0, 0.05) is 32.7 Å². The van der Waals surface area contributed by atoms with Crippen LogP contribution in [0, 0.1) is 5.82 Å². The third-order valence-electron chi connectivity index (χ3n) is 5.94. The van der Waals surface area contributed by atoms with Crippen molar-refractivity contribution in [2.24, 2.45) is 0 Å². The SMILES string of the molecule is CCCS(=O)(=O)N1CC2(CN(C(=O)c3ccccc3F)CC3COCCN32)C1. The smallest absolute Gasteiger partial charge is 0.256 e. The predicted molar refractivity (Wildman–Crippen MR) is 102 cm³/mol. The number of ether oxygens (including phenoxy) is 1. The molecule has 3 aliphatic heterocycles. The lowest BCUT2D eigenvalue weighted by molar-refractivity contribution is -0.141. The van der Waals surface area contributed by atoms with Gasteiger partial charge in [-0.2, -0.15) is 4.31 Å². The summed E-state index contributed by atoms with van der Waals surface area (Å²) in [4.78, 5) is 17.0. The summed E-state index contributed by atoms with van der Waals surface area (Å²) in [6.07, 6.45) is 0.573. The minimum absolute atomic E-state index is 0.00532. The molecule has 9 heteroatoms. The number of hydrogen-bond acceptors (Lipinski definition) is 5. The Hall–Kier alpha value is -1.55. The van der Waals surface area contributed by atoms with Gasteiger partial charge in [-0.15, -0.1) is 0 Å². The molecule has 3 heterocycles. The average Bonchev–Trinajstić information content (AvgIpc) is 2.65. The molecule has 28 heavy (non-hydrogen) atoms. The molecule has 3 saturated heterocycles.